The fourth-order valence-corrected chi connectivity index (χ4v) is 1.41. The summed E-state index contributed by atoms with van der Waals surface area (Å²) in [4.78, 5) is 11.1. The van der Waals surface area contributed by atoms with Crippen molar-refractivity contribution in [3.63, 3.8) is 0 Å². The van der Waals surface area contributed by atoms with Crippen LogP contribution in [0.1, 0.15) is 15.9 Å². The van der Waals surface area contributed by atoms with E-state index in [1.807, 2.05) is 0 Å². The second-order valence-electron chi connectivity index (χ2n) is 2.54. The van der Waals surface area contributed by atoms with E-state index >= 15 is 0 Å². The Morgan fingerprint density at radius 3 is 2.69 bits per heavy atom. The fraction of sp³-hybridized carbons (Fsp3) is 0.222. The van der Waals surface area contributed by atoms with Gasteiger partial charge in [-0.2, -0.15) is 0 Å². The van der Waals surface area contributed by atoms with Crippen molar-refractivity contribution in [1.82, 2.24) is 0 Å². The zero-order valence-corrected chi connectivity index (χ0v) is 8.81. The van der Waals surface area contributed by atoms with E-state index in [0.29, 0.717) is 10.0 Å². The van der Waals surface area contributed by atoms with Crippen LogP contribution in [-0.2, 0) is 4.74 Å². The molecular weight excluding hydrogens is 239 g/mol. The van der Waals surface area contributed by atoms with Crippen LogP contribution >= 0.6 is 15.9 Å². The highest BCUT2D eigenvalue weighted by atomic mass is 79.9. The van der Waals surface area contributed by atoms with Crippen LogP contribution in [0.2, 0.25) is 0 Å². The number of halogens is 2. The number of aryl methyl sites for hydroxylation is 1. The third-order valence-corrected chi connectivity index (χ3v) is 2.33. The molecule has 2 nitrogen and oxygen atoms in total. The van der Waals surface area contributed by atoms with E-state index in [-0.39, 0.29) is 5.56 Å². The monoisotopic (exact) mass is 246 g/mol. The quantitative estimate of drug-likeness (QED) is 0.713. The lowest BCUT2D eigenvalue weighted by Crippen LogP contribution is -2.06. The molecule has 70 valence electrons. The summed E-state index contributed by atoms with van der Waals surface area (Å²) in [6, 6.07) is 3.20. The molecule has 13 heavy (non-hydrogen) atoms. The van der Waals surface area contributed by atoms with Crippen LogP contribution in [0.4, 0.5) is 4.39 Å². The van der Waals surface area contributed by atoms with E-state index in [1.165, 1.54) is 7.11 Å². The molecule has 0 spiro atoms. The van der Waals surface area contributed by atoms with Crippen molar-refractivity contribution < 1.29 is 13.9 Å². The number of rotatable bonds is 1. The van der Waals surface area contributed by atoms with Crippen LogP contribution in [0.25, 0.3) is 0 Å². The first-order valence-corrected chi connectivity index (χ1v) is 4.40. The van der Waals surface area contributed by atoms with Crippen LogP contribution in [0, 0.1) is 12.7 Å². The normalized spacial score (nSPS) is 9.85. The van der Waals surface area contributed by atoms with Gasteiger partial charge in [0.15, 0.2) is 0 Å². The minimum absolute atomic E-state index is 0.0532. The number of carbonyl (C=O) groups excluding carboxylic acids is 1. The Labute approximate surface area is 83.8 Å². The Kier molecular flexibility index (Phi) is 3.03. The number of benzene rings is 1. The second kappa shape index (κ2) is 3.87. The number of carbonyl (C=O) groups is 1. The number of ether oxygens (including phenoxy) is 1. The number of esters is 1. The molecule has 0 N–H and O–H groups in total. The lowest BCUT2D eigenvalue weighted by Gasteiger charge is -2.05. The first-order chi connectivity index (χ1) is 6.07. The highest BCUT2D eigenvalue weighted by Crippen LogP contribution is 2.22. The van der Waals surface area contributed by atoms with Crippen LogP contribution < -0.4 is 0 Å². The number of hydrogen-bond acceptors (Lipinski definition) is 2. The summed E-state index contributed by atoms with van der Waals surface area (Å²) in [5.74, 6) is -1.21. The van der Waals surface area contributed by atoms with Gasteiger partial charge in [0.25, 0.3) is 0 Å². The average Bonchev–Trinajstić information content (AvgIpc) is 2.12. The molecule has 0 heterocycles. The molecule has 1 aromatic carbocycles. The lowest BCUT2D eigenvalue weighted by atomic mass is 10.1. The van der Waals surface area contributed by atoms with Crippen molar-refractivity contribution in [2.75, 3.05) is 7.11 Å². The third kappa shape index (κ3) is 1.88. The minimum Gasteiger partial charge on any atom is -0.465 e. The lowest BCUT2D eigenvalue weighted by molar-refractivity contribution is 0.0594. The summed E-state index contributed by atoms with van der Waals surface area (Å²) in [7, 11) is 1.22. The molecule has 0 bridgehead atoms. The Hall–Kier alpha value is -0.900. The molecule has 1 aromatic rings. The van der Waals surface area contributed by atoms with Gasteiger partial charge in [0.05, 0.1) is 7.11 Å². The van der Waals surface area contributed by atoms with Gasteiger partial charge in [0, 0.05) is 4.47 Å². The van der Waals surface area contributed by atoms with Gasteiger partial charge in [0.1, 0.15) is 11.4 Å². The molecule has 0 unspecified atom stereocenters. The third-order valence-electron chi connectivity index (χ3n) is 1.67. The topological polar surface area (TPSA) is 26.3 Å². The summed E-state index contributed by atoms with van der Waals surface area (Å²) < 4.78 is 18.2. The molecular formula is C9H8BrFO2. The van der Waals surface area contributed by atoms with Crippen molar-refractivity contribution in [1.29, 1.82) is 0 Å². The SMILES string of the molecule is COC(=O)c1c(Br)ccc(C)c1F. The molecule has 0 aliphatic heterocycles. The van der Waals surface area contributed by atoms with Gasteiger partial charge < -0.3 is 4.74 Å². The molecule has 0 radical (unpaired) electrons. The first kappa shape index (κ1) is 10.2. The Bertz CT molecular complexity index is 350. The molecule has 4 heteroatoms. The molecule has 1 rings (SSSR count). The standard InChI is InChI=1S/C9H8BrFO2/c1-5-3-4-6(10)7(8(5)11)9(12)13-2/h3-4H,1-2H3. The predicted molar refractivity (Wildman–Crippen MR) is 50.2 cm³/mol. The predicted octanol–water partition coefficient (Wildman–Crippen LogP) is 2.68. The maximum absolute atomic E-state index is 13.4. The van der Waals surface area contributed by atoms with Gasteiger partial charge in [-0.15, -0.1) is 0 Å². The fourth-order valence-electron chi connectivity index (χ4n) is 0.946. The minimum atomic E-state index is -0.673. The molecule has 0 saturated carbocycles. The van der Waals surface area contributed by atoms with Gasteiger partial charge in [-0.25, -0.2) is 9.18 Å². The Balaban J connectivity index is 3.33. The molecule has 0 aliphatic rings. The zero-order chi connectivity index (χ0) is 10.0. The Morgan fingerprint density at radius 1 is 1.54 bits per heavy atom. The van der Waals surface area contributed by atoms with Crippen LogP contribution in [0.5, 0.6) is 0 Å². The summed E-state index contributed by atoms with van der Waals surface area (Å²) in [5.41, 5.74) is 0.367. The highest BCUT2D eigenvalue weighted by Gasteiger charge is 2.17. The molecule has 0 amide bonds. The first-order valence-electron chi connectivity index (χ1n) is 3.61. The van der Waals surface area contributed by atoms with E-state index in [4.69, 9.17) is 0 Å². The molecule has 0 atom stereocenters. The maximum Gasteiger partial charge on any atom is 0.342 e. The van der Waals surface area contributed by atoms with E-state index in [9.17, 15) is 9.18 Å². The van der Waals surface area contributed by atoms with Crippen molar-refractivity contribution in [3.8, 4) is 0 Å². The van der Waals surface area contributed by atoms with Gasteiger partial charge >= 0.3 is 5.97 Å². The summed E-state index contributed by atoms with van der Waals surface area (Å²) in [5, 5.41) is 0. The maximum atomic E-state index is 13.4. The molecule has 0 saturated heterocycles. The van der Waals surface area contributed by atoms with Crippen LogP contribution in [0.3, 0.4) is 0 Å². The van der Waals surface area contributed by atoms with Gasteiger partial charge in [-0.05, 0) is 34.5 Å². The molecule has 0 fully saturated rings. The molecule has 0 aliphatic carbocycles. The zero-order valence-electron chi connectivity index (χ0n) is 7.23. The summed E-state index contributed by atoms with van der Waals surface area (Å²) in [6.45, 7) is 1.59. The van der Waals surface area contributed by atoms with E-state index in [0.717, 1.165) is 0 Å². The molecule has 0 aromatic heterocycles. The number of methoxy groups -OCH3 is 1. The average molecular weight is 247 g/mol. The number of hydrogen-bond donors (Lipinski definition) is 0. The van der Waals surface area contributed by atoms with Gasteiger partial charge in [-0.3, -0.25) is 0 Å². The Morgan fingerprint density at radius 2 is 2.15 bits per heavy atom. The van der Waals surface area contributed by atoms with Crippen LogP contribution in [-0.4, -0.2) is 13.1 Å². The van der Waals surface area contributed by atoms with Crippen molar-refractivity contribution in [2.24, 2.45) is 0 Å². The van der Waals surface area contributed by atoms with Crippen molar-refractivity contribution in [3.05, 3.63) is 33.5 Å². The van der Waals surface area contributed by atoms with E-state index < -0.39 is 11.8 Å². The second-order valence-corrected chi connectivity index (χ2v) is 3.40. The van der Waals surface area contributed by atoms with Gasteiger partial charge in [-0.1, -0.05) is 6.07 Å². The van der Waals surface area contributed by atoms with Crippen LogP contribution in [0.15, 0.2) is 16.6 Å². The van der Waals surface area contributed by atoms with Crippen molar-refractivity contribution in [2.45, 2.75) is 6.92 Å². The van der Waals surface area contributed by atoms with Crippen molar-refractivity contribution >= 4 is 21.9 Å². The highest BCUT2D eigenvalue weighted by molar-refractivity contribution is 9.10. The largest absolute Gasteiger partial charge is 0.465 e. The smallest absolute Gasteiger partial charge is 0.342 e. The summed E-state index contributed by atoms with van der Waals surface area (Å²) in [6.07, 6.45) is 0. The van der Waals surface area contributed by atoms with E-state index in [2.05, 4.69) is 20.7 Å². The van der Waals surface area contributed by atoms with Gasteiger partial charge in [0.2, 0.25) is 0 Å². The van der Waals surface area contributed by atoms with E-state index in [1.54, 1.807) is 19.1 Å². The summed E-state index contributed by atoms with van der Waals surface area (Å²) >= 11 is 3.08.